The van der Waals surface area contributed by atoms with Gasteiger partial charge in [-0.1, -0.05) is 6.92 Å². The Kier molecular flexibility index (Phi) is 4.81. The van der Waals surface area contributed by atoms with Gasteiger partial charge < -0.3 is 4.90 Å². The van der Waals surface area contributed by atoms with Crippen molar-refractivity contribution in [2.24, 2.45) is 4.99 Å². The minimum Gasteiger partial charge on any atom is -0.369 e. The topological polar surface area (TPSA) is 58.7 Å². The van der Waals surface area contributed by atoms with Crippen LogP contribution in [0.3, 0.4) is 0 Å². The largest absolute Gasteiger partial charge is 0.369 e. The van der Waals surface area contributed by atoms with Gasteiger partial charge in [0.1, 0.15) is 0 Å². The summed E-state index contributed by atoms with van der Waals surface area (Å²) in [5.41, 5.74) is 6.69. The van der Waals surface area contributed by atoms with Crippen LogP contribution in [0.5, 0.6) is 0 Å². The van der Waals surface area contributed by atoms with Gasteiger partial charge in [0.25, 0.3) is 5.69 Å². The van der Waals surface area contributed by atoms with Crippen molar-refractivity contribution >= 4 is 23.3 Å². The first-order chi connectivity index (χ1) is 12.6. The van der Waals surface area contributed by atoms with Crippen LogP contribution < -0.4 is 4.90 Å². The molecule has 1 aliphatic rings. The lowest BCUT2D eigenvalue weighted by atomic mass is 9.79. The molecule has 1 atom stereocenters. The molecule has 3 rings (SSSR count). The third-order valence-electron chi connectivity index (χ3n) is 5.76. The highest BCUT2D eigenvalue weighted by atomic mass is 16.6. The summed E-state index contributed by atoms with van der Waals surface area (Å²) >= 11 is 0. The summed E-state index contributed by atoms with van der Waals surface area (Å²) in [6, 6.07) is 9.25. The molecular weight excluding hydrogens is 338 g/mol. The molecule has 0 N–H and O–H groups in total. The first-order valence-corrected chi connectivity index (χ1v) is 9.27. The molecule has 0 aliphatic carbocycles. The van der Waals surface area contributed by atoms with E-state index in [0.717, 1.165) is 23.2 Å². The van der Waals surface area contributed by atoms with Crippen molar-refractivity contribution in [1.29, 1.82) is 0 Å². The van der Waals surface area contributed by atoms with Crippen LogP contribution in [0.2, 0.25) is 0 Å². The number of non-ortho nitro benzene ring substituents is 1. The van der Waals surface area contributed by atoms with E-state index in [4.69, 9.17) is 0 Å². The lowest BCUT2D eigenvalue weighted by Gasteiger charge is -2.45. The maximum Gasteiger partial charge on any atom is 0.269 e. The van der Waals surface area contributed by atoms with Crippen LogP contribution in [-0.2, 0) is 0 Å². The second-order valence-corrected chi connectivity index (χ2v) is 8.23. The van der Waals surface area contributed by atoms with Crippen molar-refractivity contribution in [1.82, 2.24) is 0 Å². The fourth-order valence-corrected chi connectivity index (χ4v) is 3.91. The van der Waals surface area contributed by atoms with E-state index >= 15 is 0 Å². The molecule has 0 spiro atoms. The Hall–Kier alpha value is -2.69. The predicted octanol–water partition coefficient (Wildman–Crippen LogP) is 5.68. The zero-order chi connectivity index (χ0) is 19.9. The standard InChI is InChI=1S/C22H27N3O2/c1-14-10-21-19(16(3)12-22(4,5)24(21)6)11-17(14)13-23-20-8-7-18(25(26)27)9-15(20)2/h7-11,13,16H,12H2,1-6H3. The van der Waals surface area contributed by atoms with Crippen molar-refractivity contribution in [3.8, 4) is 0 Å². The molecule has 1 heterocycles. The predicted molar refractivity (Wildman–Crippen MR) is 112 cm³/mol. The summed E-state index contributed by atoms with van der Waals surface area (Å²) < 4.78 is 0. The van der Waals surface area contributed by atoms with Crippen LogP contribution in [-0.4, -0.2) is 23.7 Å². The number of fused-ring (bicyclic) bond motifs is 1. The van der Waals surface area contributed by atoms with Crippen molar-refractivity contribution in [2.75, 3.05) is 11.9 Å². The zero-order valence-corrected chi connectivity index (χ0v) is 16.9. The average molecular weight is 365 g/mol. The summed E-state index contributed by atoms with van der Waals surface area (Å²) in [6.45, 7) is 10.8. The Morgan fingerprint density at radius 1 is 1.22 bits per heavy atom. The number of benzene rings is 2. The van der Waals surface area contributed by atoms with Crippen molar-refractivity contribution in [3.63, 3.8) is 0 Å². The Morgan fingerprint density at radius 2 is 1.93 bits per heavy atom. The normalized spacial score (nSPS) is 18.6. The zero-order valence-electron chi connectivity index (χ0n) is 16.9. The number of rotatable bonds is 3. The molecule has 0 bridgehead atoms. The molecule has 5 nitrogen and oxygen atoms in total. The van der Waals surface area contributed by atoms with E-state index in [0.29, 0.717) is 5.92 Å². The van der Waals surface area contributed by atoms with Crippen LogP contribution in [0, 0.1) is 24.0 Å². The Balaban J connectivity index is 1.96. The van der Waals surface area contributed by atoms with E-state index in [9.17, 15) is 10.1 Å². The maximum atomic E-state index is 10.9. The monoisotopic (exact) mass is 365 g/mol. The van der Waals surface area contributed by atoms with Gasteiger partial charge in [0.15, 0.2) is 0 Å². The van der Waals surface area contributed by atoms with Gasteiger partial charge in [0, 0.05) is 36.6 Å². The second-order valence-electron chi connectivity index (χ2n) is 8.23. The molecule has 0 fully saturated rings. The number of nitro groups is 1. The van der Waals surface area contributed by atoms with E-state index < -0.39 is 0 Å². The quantitative estimate of drug-likeness (QED) is 0.399. The fraction of sp³-hybridized carbons (Fsp3) is 0.409. The molecule has 0 saturated carbocycles. The van der Waals surface area contributed by atoms with Gasteiger partial charge in [0.05, 0.1) is 10.6 Å². The molecule has 1 unspecified atom stereocenters. The highest BCUT2D eigenvalue weighted by Crippen LogP contribution is 2.43. The van der Waals surface area contributed by atoms with E-state index in [2.05, 4.69) is 56.8 Å². The van der Waals surface area contributed by atoms with E-state index in [-0.39, 0.29) is 16.1 Å². The van der Waals surface area contributed by atoms with E-state index in [1.54, 1.807) is 12.1 Å². The van der Waals surface area contributed by atoms with Crippen LogP contribution in [0.15, 0.2) is 35.3 Å². The van der Waals surface area contributed by atoms with Crippen LogP contribution >= 0.6 is 0 Å². The molecule has 0 radical (unpaired) electrons. The molecule has 2 aromatic rings. The average Bonchev–Trinajstić information content (AvgIpc) is 2.58. The lowest BCUT2D eigenvalue weighted by Crippen LogP contribution is -2.45. The number of hydrogen-bond acceptors (Lipinski definition) is 4. The van der Waals surface area contributed by atoms with Crippen LogP contribution in [0.4, 0.5) is 17.1 Å². The minimum atomic E-state index is -0.381. The third-order valence-corrected chi connectivity index (χ3v) is 5.76. The summed E-state index contributed by atoms with van der Waals surface area (Å²) in [6.07, 6.45) is 2.98. The van der Waals surface area contributed by atoms with Crippen molar-refractivity contribution in [3.05, 3.63) is 62.7 Å². The van der Waals surface area contributed by atoms with Crippen molar-refractivity contribution in [2.45, 2.75) is 52.5 Å². The molecule has 142 valence electrons. The highest BCUT2D eigenvalue weighted by Gasteiger charge is 2.34. The number of anilines is 1. The van der Waals surface area contributed by atoms with Gasteiger partial charge in [-0.2, -0.15) is 0 Å². The molecular formula is C22H27N3O2. The first kappa shape index (κ1) is 19.1. The minimum absolute atomic E-state index is 0.0934. The van der Waals surface area contributed by atoms with Crippen LogP contribution in [0.1, 0.15) is 55.4 Å². The molecule has 0 aromatic heterocycles. The summed E-state index contributed by atoms with van der Waals surface area (Å²) in [4.78, 5) is 17.5. The van der Waals surface area contributed by atoms with Crippen molar-refractivity contribution < 1.29 is 4.92 Å². The van der Waals surface area contributed by atoms with Crippen LogP contribution in [0.25, 0.3) is 0 Å². The number of aryl methyl sites for hydroxylation is 2. The number of aliphatic imine (C=N–C) groups is 1. The van der Waals surface area contributed by atoms with Gasteiger partial charge >= 0.3 is 0 Å². The summed E-state index contributed by atoms with van der Waals surface area (Å²) in [7, 11) is 2.16. The van der Waals surface area contributed by atoms with Gasteiger partial charge in [-0.25, -0.2) is 0 Å². The SMILES string of the molecule is Cc1cc2c(cc1C=Nc1ccc([N+](=O)[O-])cc1C)C(C)CC(C)(C)N2C. The first-order valence-electron chi connectivity index (χ1n) is 9.27. The highest BCUT2D eigenvalue weighted by molar-refractivity contribution is 5.86. The Morgan fingerprint density at radius 3 is 2.56 bits per heavy atom. The Labute approximate surface area is 160 Å². The molecule has 27 heavy (non-hydrogen) atoms. The van der Waals surface area contributed by atoms with E-state index in [1.165, 1.54) is 22.9 Å². The number of nitrogens with zero attached hydrogens (tertiary/aromatic N) is 3. The lowest BCUT2D eigenvalue weighted by molar-refractivity contribution is -0.384. The molecule has 2 aromatic carbocycles. The molecule has 0 saturated heterocycles. The van der Waals surface area contributed by atoms with Gasteiger partial charge in [0.2, 0.25) is 0 Å². The molecule has 5 heteroatoms. The number of nitro benzene ring substituents is 1. The Bertz CT molecular complexity index is 931. The fourth-order valence-electron chi connectivity index (χ4n) is 3.91. The van der Waals surface area contributed by atoms with Gasteiger partial charge in [-0.05, 0) is 80.5 Å². The smallest absolute Gasteiger partial charge is 0.269 e. The van der Waals surface area contributed by atoms with Gasteiger partial charge in [-0.3, -0.25) is 15.1 Å². The third kappa shape index (κ3) is 3.59. The summed E-state index contributed by atoms with van der Waals surface area (Å²) in [5, 5.41) is 10.9. The summed E-state index contributed by atoms with van der Waals surface area (Å²) in [5.74, 6) is 0.486. The van der Waals surface area contributed by atoms with Gasteiger partial charge in [-0.15, -0.1) is 0 Å². The second kappa shape index (κ2) is 6.80. The maximum absolute atomic E-state index is 10.9. The van der Waals surface area contributed by atoms with E-state index in [1.807, 2.05) is 13.1 Å². The molecule has 1 aliphatic heterocycles. The number of hydrogen-bond donors (Lipinski definition) is 0. The molecule has 0 amide bonds.